The van der Waals surface area contributed by atoms with Gasteiger partial charge in [-0.3, -0.25) is 13.9 Å². The van der Waals surface area contributed by atoms with Gasteiger partial charge in [-0.15, -0.1) is 0 Å². The van der Waals surface area contributed by atoms with Gasteiger partial charge in [0.05, 0.1) is 10.6 Å². The Morgan fingerprint density at radius 1 is 0.804 bits per heavy atom. The highest BCUT2D eigenvalue weighted by molar-refractivity contribution is 7.92. The van der Waals surface area contributed by atoms with Crippen molar-refractivity contribution in [2.24, 2.45) is 0 Å². The first-order valence-electron chi connectivity index (χ1n) is 14.8. The van der Waals surface area contributed by atoms with Crippen LogP contribution in [0, 0.1) is 6.92 Å². The fourth-order valence-electron chi connectivity index (χ4n) is 4.83. The summed E-state index contributed by atoms with van der Waals surface area (Å²) < 4.78 is 29.3. The molecule has 4 rings (SSSR count). The summed E-state index contributed by atoms with van der Waals surface area (Å²) in [5, 5.41) is 3.94. The van der Waals surface area contributed by atoms with Gasteiger partial charge in [0.1, 0.15) is 12.6 Å². The van der Waals surface area contributed by atoms with E-state index >= 15 is 0 Å². The number of rotatable bonds is 13. The van der Waals surface area contributed by atoms with Crippen LogP contribution in [0.5, 0.6) is 0 Å². The Balaban J connectivity index is 1.83. The van der Waals surface area contributed by atoms with Crippen LogP contribution < -0.4 is 9.62 Å². The Morgan fingerprint density at radius 2 is 1.41 bits per heavy atom. The number of halogens is 3. The zero-order valence-electron chi connectivity index (χ0n) is 25.8. The standard InChI is InChI=1S/C35H36Cl3N3O4S/c1-4-25(3)39-35(43)33(18-26-8-6-5-7-9-26)40(22-27-12-14-28(36)15-13-27)34(42)23-41(31-20-29(37)19-30(38)21-31)46(44,45)32-16-10-24(2)11-17-32/h5-17,19-21,25,33H,4,18,22-23H2,1-3H3,(H,39,43)/t25-,33-/m1/s1. The first kappa shape index (κ1) is 35.3. The minimum atomic E-state index is -4.29. The van der Waals surface area contributed by atoms with Crippen molar-refractivity contribution in [3.05, 3.63) is 129 Å². The van der Waals surface area contributed by atoms with Crippen molar-refractivity contribution in [2.45, 2.75) is 57.1 Å². The van der Waals surface area contributed by atoms with E-state index in [1.165, 1.54) is 35.2 Å². The van der Waals surface area contributed by atoms with Gasteiger partial charge in [0, 0.05) is 34.1 Å². The minimum Gasteiger partial charge on any atom is -0.352 e. The molecule has 0 aliphatic carbocycles. The fourth-order valence-corrected chi connectivity index (χ4v) is 6.87. The van der Waals surface area contributed by atoms with E-state index < -0.39 is 28.5 Å². The molecule has 0 spiro atoms. The van der Waals surface area contributed by atoms with Gasteiger partial charge in [-0.2, -0.15) is 0 Å². The molecule has 7 nitrogen and oxygen atoms in total. The van der Waals surface area contributed by atoms with Crippen molar-refractivity contribution in [1.29, 1.82) is 0 Å². The number of nitrogens with zero attached hydrogens (tertiary/aromatic N) is 2. The lowest BCUT2D eigenvalue weighted by molar-refractivity contribution is -0.140. The maximum atomic E-state index is 14.5. The summed E-state index contributed by atoms with van der Waals surface area (Å²) in [5.41, 5.74) is 2.54. The summed E-state index contributed by atoms with van der Waals surface area (Å²) in [5.74, 6) is -0.943. The van der Waals surface area contributed by atoms with Crippen LogP contribution in [-0.4, -0.2) is 43.8 Å². The maximum absolute atomic E-state index is 14.5. The van der Waals surface area contributed by atoms with Crippen LogP contribution in [0.15, 0.2) is 102 Å². The van der Waals surface area contributed by atoms with Crippen molar-refractivity contribution < 1.29 is 18.0 Å². The van der Waals surface area contributed by atoms with Crippen LogP contribution in [0.3, 0.4) is 0 Å². The predicted molar refractivity (Wildman–Crippen MR) is 186 cm³/mol. The van der Waals surface area contributed by atoms with Gasteiger partial charge in [0.2, 0.25) is 11.8 Å². The number of amides is 2. The van der Waals surface area contributed by atoms with Gasteiger partial charge >= 0.3 is 0 Å². The molecule has 0 unspecified atom stereocenters. The third kappa shape index (κ3) is 9.26. The summed E-state index contributed by atoms with van der Waals surface area (Å²) in [6.07, 6.45) is 0.892. The molecule has 242 valence electrons. The van der Waals surface area contributed by atoms with E-state index in [1.807, 2.05) is 51.1 Å². The second-order valence-electron chi connectivity index (χ2n) is 11.1. The first-order valence-corrected chi connectivity index (χ1v) is 17.4. The van der Waals surface area contributed by atoms with Crippen molar-refractivity contribution >= 4 is 62.3 Å². The predicted octanol–water partition coefficient (Wildman–Crippen LogP) is 7.71. The molecule has 0 aliphatic rings. The molecule has 0 radical (unpaired) electrons. The van der Waals surface area contributed by atoms with Crippen LogP contribution in [-0.2, 0) is 32.6 Å². The SMILES string of the molecule is CC[C@@H](C)NC(=O)[C@@H](Cc1ccccc1)N(Cc1ccc(Cl)cc1)C(=O)CN(c1cc(Cl)cc(Cl)c1)S(=O)(=O)c1ccc(C)cc1. The van der Waals surface area contributed by atoms with E-state index in [4.69, 9.17) is 34.8 Å². The molecule has 4 aromatic rings. The summed E-state index contributed by atoms with van der Waals surface area (Å²) in [6.45, 7) is 5.10. The maximum Gasteiger partial charge on any atom is 0.264 e. The van der Waals surface area contributed by atoms with Crippen LogP contribution in [0.25, 0.3) is 0 Å². The molecule has 0 saturated carbocycles. The van der Waals surface area contributed by atoms with Crippen LogP contribution in [0.4, 0.5) is 5.69 Å². The zero-order valence-corrected chi connectivity index (χ0v) is 28.9. The number of carbonyl (C=O) groups excluding carboxylic acids is 2. The van der Waals surface area contributed by atoms with Crippen LogP contribution in [0.2, 0.25) is 15.1 Å². The van der Waals surface area contributed by atoms with Gasteiger partial charge in [-0.1, -0.05) is 102 Å². The highest BCUT2D eigenvalue weighted by Gasteiger charge is 2.35. The quantitative estimate of drug-likeness (QED) is 0.155. The van der Waals surface area contributed by atoms with E-state index in [9.17, 15) is 18.0 Å². The third-order valence-electron chi connectivity index (χ3n) is 7.56. The minimum absolute atomic E-state index is 0.0124. The molecular formula is C35H36Cl3N3O4S. The molecule has 4 aromatic carbocycles. The van der Waals surface area contributed by atoms with Gasteiger partial charge in [-0.25, -0.2) is 8.42 Å². The fraction of sp³-hybridized carbons (Fsp3) is 0.257. The molecule has 46 heavy (non-hydrogen) atoms. The Hall–Kier alpha value is -3.56. The van der Waals surface area contributed by atoms with Crippen molar-refractivity contribution in [1.82, 2.24) is 10.2 Å². The van der Waals surface area contributed by atoms with Crippen LogP contribution in [0.1, 0.15) is 37.0 Å². The zero-order chi connectivity index (χ0) is 33.4. The number of aryl methyl sites for hydroxylation is 1. The van der Waals surface area contributed by atoms with Gasteiger partial charge in [0.15, 0.2) is 0 Å². The highest BCUT2D eigenvalue weighted by Crippen LogP contribution is 2.30. The Labute approximate surface area is 286 Å². The molecule has 0 bridgehead atoms. The van der Waals surface area contributed by atoms with E-state index in [1.54, 1.807) is 36.4 Å². The van der Waals surface area contributed by atoms with Crippen molar-refractivity contribution in [2.75, 3.05) is 10.8 Å². The summed E-state index contributed by atoms with van der Waals surface area (Å²) in [4.78, 5) is 29.9. The van der Waals surface area contributed by atoms with Gasteiger partial charge in [0.25, 0.3) is 10.0 Å². The second kappa shape index (κ2) is 15.8. The smallest absolute Gasteiger partial charge is 0.264 e. The van der Waals surface area contributed by atoms with Gasteiger partial charge in [-0.05, 0) is 73.9 Å². The summed E-state index contributed by atoms with van der Waals surface area (Å²) in [7, 11) is -4.29. The molecule has 11 heteroatoms. The third-order valence-corrected chi connectivity index (χ3v) is 10.0. The van der Waals surface area contributed by atoms with E-state index in [-0.39, 0.29) is 45.5 Å². The summed E-state index contributed by atoms with van der Waals surface area (Å²) >= 11 is 18.8. The number of benzene rings is 4. The number of anilines is 1. The molecule has 2 atom stereocenters. The lowest BCUT2D eigenvalue weighted by Gasteiger charge is -2.34. The molecule has 0 aliphatic heterocycles. The monoisotopic (exact) mass is 699 g/mol. The molecule has 0 heterocycles. The molecular weight excluding hydrogens is 665 g/mol. The molecule has 2 amide bonds. The lowest BCUT2D eigenvalue weighted by atomic mass is 10.0. The second-order valence-corrected chi connectivity index (χ2v) is 14.3. The Morgan fingerprint density at radius 3 is 2.00 bits per heavy atom. The molecule has 0 saturated heterocycles. The van der Waals surface area contributed by atoms with E-state index in [2.05, 4.69) is 5.32 Å². The average Bonchev–Trinajstić information content (AvgIpc) is 3.02. The largest absolute Gasteiger partial charge is 0.352 e. The molecule has 0 aromatic heterocycles. The number of nitrogens with one attached hydrogen (secondary N) is 1. The van der Waals surface area contributed by atoms with Gasteiger partial charge < -0.3 is 10.2 Å². The van der Waals surface area contributed by atoms with Crippen LogP contribution >= 0.6 is 34.8 Å². The topological polar surface area (TPSA) is 86.8 Å². The Kier molecular flexibility index (Phi) is 12.1. The number of hydrogen-bond donors (Lipinski definition) is 1. The highest BCUT2D eigenvalue weighted by atomic mass is 35.5. The molecule has 1 N–H and O–H groups in total. The van der Waals surface area contributed by atoms with E-state index in [0.717, 1.165) is 15.4 Å². The number of hydrogen-bond acceptors (Lipinski definition) is 4. The lowest BCUT2D eigenvalue weighted by Crippen LogP contribution is -2.54. The number of carbonyl (C=O) groups is 2. The van der Waals surface area contributed by atoms with E-state index in [0.29, 0.717) is 17.0 Å². The first-order chi connectivity index (χ1) is 21.9. The summed E-state index contributed by atoms with van der Waals surface area (Å²) in [6, 6.07) is 25.9. The van der Waals surface area contributed by atoms with Crippen molar-refractivity contribution in [3.8, 4) is 0 Å². The number of sulfonamides is 1. The average molecular weight is 701 g/mol. The Bertz CT molecular complexity index is 1730. The van der Waals surface area contributed by atoms with Crippen molar-refractivity contribution in [3.63, 3.8) is 0 Å². The normalized spacial score (nSPS) is 12.7. The molecule has 0 fully saturated rings.